The fourth-order valence-corrected chi connectivity index (χ4v) is 2.63. The molecule has 2 N–H and O–H groups in total. The summed E-state index contributed by atoms with van der Waals surface area (Å²) in [5.74, 6) is 1.78. The maximum Gasteiger partial charge on any atom is 0.0107 e. The molecule has 0 bridgehead atoms. The molecule has 1 saturated heterocycles. The molecule has 2 rings (SSSR count). The van der Waals surface area contributed by atoms with Crippen LogP contribution in [0.2, 0.25) is 0 Å². The molecule has 1 heterocycles. The second-order valence-corrected chi connectivity index (χ2v) is 5.61. The summed E-state index contributed by atoms with van der Waals surface area (Å²) < 4.78 is 0. The number of hydrogen-bond acceptors (Lipinski definition) is 3. The van der Waals surface area contributed by atoms with E-state index in [1.54, 1.807) is 0 Å². The van der Waals surface area contributed by atoms with Crippen LogP contribution in [-0.4, -0.2) is 50.7 Å². The lowest BCUT2D eigenvalue weighted by Crippen LogP contribution is -2.46. The van der Waals surface area contributed by atoms with Gasteiger partial charge in [-0.15, -0.1) is 0 Å². The summed E-state index contributed by atoms with van der Waals surface area (Å²) in [5.41, 5.74) is 0. The molecule has 2 aliphatic rings. The molecule has 3 heteroatoms. The van der Waals surface area contributed by atoms with Gasteiger partial charge in [0.05, 0.1) is 0 Å². The van der Waals surface area contributed by atoms with Gasteiger partial charge in [-0.1, -0.05) is 13.3 Å². The minimum atomic E-state index is 0.790. The van der Waals surface area contributed by atoms with E-state index in [-0.39, 0.29) is 0 Å². The molecule has 0 radical (unpaired) electrons. The van der Waals surface area contributed by atoms with Crippen molar-refractivity contribution in [3.8, 4) is 0 Å². The Morgan fingerprint density at radius 1 is 1.31 bits per heavy atom. The van der Waals surface area contributed by atoms with E-state index in [1.807, 2.05) is 0 Å². The fraction of sp³-hybridized carbons (Fsp3) is 1.00. The van der Waals surface area contributed by atoms with Gasteiger partial charge < -0.3 is 15.5 Å². The minimum Gasteiger partial charge on any atom is -0.316 e. The highest BCUT2D eigenvalue weighted by atomic mass is 15.2. The third-order valence-electron chi connectivity index (χ3n) is 3.93. The molecule has 0 amide bonds. The zero-order valence-corrected chi connectivity index (χ0v) is 10.7. The first-order valence-corrected chi connectivity index (χ1v) is 6.98. The molecule has 1 saturated carbocycles. The van der Waals surface area contributed by atoms with Crippen molar-refractivity contribution in [1.29, 1.82) is 0 Å². The topological polar surface area (TPSA) is 27.3 Å². The van der Waals surface area contributed by atoms with Crippen molar-refractivity contribution < 1.29 is 0 Å². The van der Waals surface area contributed by atoms with Gasteiger partial charge in [0.15, 0.2) is 0 Å². The molecule has 1 atom stereocenters. The second kappa shape index (κ2) is 6.58. The number of hydrogen-bond donors (Lipinski definition) is 2. The summed E-state index contributed by atoms with van der Waals surface area (Å²) in [6, 6.07) is 0. The lowest BCUT2D eigenvalue weighted by molar-refractivity contribution is 0.206. The Bertz CT molecular complexity index is 186. The summed E-state index contributed by atoms with van der Waals surface area (Å²) in [5, 5.41) is 7.04. The van der Waals surface area contributed by atoms with Gasteiger partial charge in [0.2, 0.25) is 0 Å². The Morgan fingerprint density at radius 3 is 2.69 bits per heavy atom. The number of rotatable bonds is 6. The Hall–Kier alpha value is -0.120. The van der Waals surface area contributed by atoms with Gasteiger partial charge in [-0.25, -0.2) is 0 Å². The van der Waals surface area contributed by atoms with Crippen molar-refractivity contribution in [1.82, 2.24) is 15.5 Å². The molecule has 16 heavy (non-hydrogen) atoms. The Labute approximate surface area is 100.0 Å². The summed E-state index contributed by atoms with van der Waals surface area (Å²) in [7, 11) is 0. The van der Waals surface area contributed by atoms with Crippen LogP contribution in [0.1, 0.15) is 26.2 Å². The molecule has 0 aromatic carbocycles. The summed E-state index contributed by atoms with van der Waals surface area (Å²) in [6.07, 6.45) is 4.38. The van der Waals surface area contributed by atoms with Crippen molar-refractivity contribution >= 4 is 0 Å². The van der Waals surface area contributed by atoms with Gasteiger partial charge >= 0.3 is 0 Å². The quantitative estimate of drug-likeness (QED) is 0.704. The van der Waals surface area contributed by atoms with Crippen molar-refractivity contribution in [3.05, 3.63) is 0 Å². The average molecular weight is 225 g/mol. The highest BCUT2D eigenvalue weighted by Crippen LogP contribution is 2.25. The molecule has 3 nitrogen and oxygen atoms in total. The highest BCUT2D eigenvalue weighted by molar-refractivity contribution is 4.74. The summed E-state index contributed by atoms with van der Waals surface area (Å²) in [4.78, 5) is 2.59. The number of nitrogens with one attached hydrogen (secondary N) is 2. The van der Waals surface area contributed by atoms with Gasteiger partial charge in [-0.3, -0.25) is 0 Å². The van der Waals surface area contributed by atoms with Gasteiger partial charge in [0.25, 0.3) is 0 Å². The third kappa shape index (κ3) is 4.04. The number of nitrogens with zero attached hydrogens (tertiary/aromatic N) is 1. The molecule has 94 valence electrons. The highest BCUT2D eigenvalue weighted by Gasteiger charge is 2.17. The van der Waals surface area contributed by atoms with Crippen molar-refractivity contribution in [2.24, 2.45) is 11.8 Å². The first-order chi connectivity index (χ1) is 7.84. The normalized spacial score (nSPS) is 25.3. The fourth-order valence-electron chi connectivity index (χ4n) is 2.63. The lowest BCUT2D eigenvalue weighted by atomic mass is 9.85. The first kappa shape index (κ1) is 12.3. The van der Waals surface area contributed by atoms with Gasteiger partial charge in [-0.05, 0) is 37.8 Å². The van der Waals surface area contributed by atoms with Crippen molar-refractivity contribution in [3.63, 3.8) is 0 Å². The van der Waals surface area contributed by atoms with E-state index < -0.39 is 0 Å². The van der Waals surface area contributed by atoms with E-state index in [1.165, 1.54) is 65.1 Å². The van der Waals surface area contributed by atoms with E-state index in [0.29, 0.717) is 0 Å². The van der Waals surface area contributed by atoms with Crippen LogP contribution in [0, 0.1) is 11.8 Å². The lowest BCUT2D eigenvalue weighted by Gasteiger charge is -2.30. The van der Waals surface area contributed by atoms with Crippen LogP contribution in [0.15, 0.2) is 0 Å². The molecule has 0 aromatic heterocycles. The minimum absolute atomic E-state index is 0.790. The van der Waals surface area contributed by atoms with Gasteiger partial charge in [0.1, 0.15) is 0 Å². The predicted molar refractivity (Wildman–Crippen MR) is 68.7 cm³/mol. The SMILES string of the molecule is CC(CNCC1CCC1)CN1CCNCC1. The summed E-state index contributed by atoms with van der Waals surface area (Å²) in [6.45, 7) is 10.9. The number of piperazine rings is 1. The van der Waals surface area contributed by atoms with Crippen LogP contribution in [0.3, 0.4) is 0 Å². The van der Waals surface area contributed by atoms with Crippen LogP contribution in [-0.2, 0) is 0 Å². The monoisotopic (exact) mass is 225 g/mol. The molecule has 0 spiro atoms. The first-order valence-electron chi connectivity index (χ1n) is 6.98. The molecule has 2 fully saturated rings. The standard InChI is InChI=1S/C13H27N3/c1-12(9-15-10-13-3-2-4-13)11-16-7-5-14-6-8-16/h12-15H,2-11H2,1H3. The van der Waals surface area contributed by atoms with Crippen molar-refractivity contribution in [2.75, 3.05) is 45.8 Å². The van der Waals surface area contributed by atoms with Gasteiger partial charge in [-0.2, -0.15) is 0 Å². The molecule has 1 aliphatic heterocycles. The van der Waals surface area contributed by atoms with Crippen LogP contribution < -0.4 is 10.6 Å². The third-order valence-corrected chi connectivity index (χ3v) is 3.93. The Kier molecular flexibility index (Phi) is 5.07. The predicted octanol–water partition coefficient (Wildman–Crippen LogP) is 0.917. The van der Waals surface area contributed by atoms with Crippen LogP contribution in [0.25, 0.3) is 0 Å². The Balaban J connectivity index is 1.50. The van der Waals surface area contributed by atoms with E-state index in [4.69, 9.17) is 0 Å². The molecule has 1 unspecified atom stereocenters. The van der Waals surface area contributed by atoms with E-state index in [9.17, 15) is 0 Å². The van der Waals surface area contributed by atoms with Crippen molar-refractivity contribution in [2.45, 2.75) is 26.2 Å². The largest absolute Gasteiger partial charge is 0.316 e. The van der Waals surface area contributed by atoms with E-state index in [0.717, 1.165) is 11.8 Å². The second-order valence-electron chi connectivity index (χ2n) is 5.61. The molecular weight excluding hydrogens is 198 g/mol. The smallest absolute Gasteiger partial charge is 0.0107 e. The molecule has 1 aliphatic carbocycles. The Morgan fingerprint density at radius 2 is 2.06 bits per heavy atom. The van der Waals surface area contributed by atoms with E-state index in [2.05, 4.69) is 22.5 Å². The maximum atomic E-state index is 3.63. The molecular formula is C13H27N3. The zero-order valence-electron chi connectivity index (χ0n) is 10.7. The summed E-state index contributed by atoms with van der Waals surface area (Å²) >= 11 is 0. The van der Waals surface area contributed by atoms with Crippen LogP contribution in [0.4, 0.5) is 0 Å². The maximum absolute atomic E-state index is 3.63. The average Bonchev–Trinajstić information content (AvgIpc) is 2.23. The zero-order chi connectivity index (χ0) is 11.2. The van der Waals surface area contributed by atoms with Crippen LogP contribution in [0.5, 0.6) is 0 Å². The van der Waals surface area contributed by atoms with Crippen LogP contribution >= 0.6 is 0 Å². The van der Waals surface area contributed by atoms with Gasteiger partial charge in [0, 0.05) is 32.7 Å². The molecule has 0 aromatic rings. The van der Waals surface area contributed by atoms with E-state index >= 15 is 0 Å².